The lowest BCUT2D eigenvalue weighted by Gasteiger charge is -2.22. The number of alkyl halides is 3. The molecule has 0 aromatic heterocycles. The zero-order valence-electron chi connectivity index (χ0n) is 8.62. The molecule has 92 valence electrons. The number of aliphatic carboxylic acids is 1. The number of hydrogen-bond acceptors (Lipinski definition) is 2. The SMILES string of the molecule is CC[C@@H]1C[C@H](C(=O)O)N(C(=O)C(F)(F)F)C1. The number of carbonyl (C=O) groups is 2. The van der Waals surface area contributed by atoms with Crippen LogP contribution in [0, 0.1) is 5.92 Å². The number of carbonyl (C=O) groups excluding carboxylic acids is 1. The zero-order valence-corrected chi connectivity index (χ0v) is 8.62. The van der Waals surface area contributed by atoms with E-state index >= 15 is 0 Å². The van der Waals surface area contributed by atoms with Crippen LogP contribution in [-0.4, -0.2) is 40.6 Å². The van der Waals surface area contributed by atoms with Crippen molar-refractivity contribution in [3.05, 3.63) is 0 Å². The number of hydrogen-bond donors (Lipinski definition) is 1. The molecule has 0 unspecified atom stereocenters. The highest BCUT2D eigenvalue weighted by Crippen LogP contribution is 2.30. The van der Waals surface area contributed by atoms with Gasteiger partial charge in [0.1, 0.15) is 6.04 Å². The normalized spacial score (nSPS) is 25.9. The van der Waals surface area contributed by atoms with Crippen LogP contribution in [0.4, 0.5) is 13.2 Å². The summed E-state index contributed by atoms with van der Waals surface area (Å²) in [6, 6.07) is -1.35. The van der Waals surface area contributed by atoms with E-state index in [-0.39, 0.29) is 18.9 Å². The largest absolute Gasteiger partial charge is 0.480 e. The van der Waals surface area contributed by atoms with Gasteiger partial charge in [-0.2, -0.15) is 13.2 Å². The van der Waals surface area contributed by atoms with Gasteiger partial charge in [0.2, 0.25) is 0 Å². The second-order valence-electron chi connectivity index (χ2n) is 3.82. The summed E-state index contributed by atoms with van der Waals surface area (Å²) in [5.41, 5.74) is 0. The fraction of sp³-hybridized carbons (Fsp3) is 0.778. The van der Waals surface area contributed by atoms with Crippen LogP contribution in [0.25, 0.3) is 0 Å². The molecule has 0 spiro atoms. The third kappa shape index (κ3) is 2.45. The predicted octanol–water partition coefficient (Wildman–Crippen LogP) is 1.26. The number of carboxylic acid groups (broad SMARTS) is 1. The predicted molar refractivity (Wildman–Crippen MR) is 47.6 cm³/mol. The highest BCUT2D eigenvalue weighted by molar-refractivity contribution is 5.87. The number of nitrogens with zero attached hydrogens (tertiary/aromatic N) is 1. The first-order chi connectivity index (χ1) is 7.27. The van der Waals surface area contributed by atoms with Crippen molar-refractivity contribution in [1.29, 1.82) is 0 Å². The van der Waals surface area contributed by atoms with E-state index in [1.165, 1.54) is 0 Å². The fourth-order valence-corrected chi connectivity index (χ4v) is 1.84. The van der Waals surface area contributed by atoms with E-state index in [1.54, 1.807) is 6.92 Å². The van der Waals surface area contributed by atoms with Crippen molar-refractivity contribution < 1.29 is 27.9 Å². The van der Waals surface area contributed by atoms with Gasteiger partial charge >= 0.3 is 18.1 Å². The molecule has 2 atom stereocenters. The van der Waals surface area contributed by atoms with E-state index < -0.39 is 24.1 Å². The van der Waals surface area contributed by atoms with Crippen molar-refractivity contribution >= 4 is 11.9 Å². The van der Waals surface area contributed by atoms with Gasteiger partial charge in [-0.3, -0.25) is 4.79 Å². The first-order valence-electron chi connectivity index (χ1n) is 4.88. The Labute approximate surface area is 90.0 Å². The molecule has 0 aliphatic carbocycles. The summed E-state index contributed by atoms with van der Waals surface area (Å²) in [6.45, 7) is 1.62. The Hall–Kier alpha value is -1.27. The molecule has 1 amide bonds. The summed E-state index contributed by atoms with van der Waals surface area (Å²) in [5, 5.41) is 8.75. The molecule has 0 bridgehead atoms. The van der Waals surface area contributed by atoms with Crippen LogP contribution in [0.15, 0.2) is 0 Å². The summed E-state index contributed by atoms with van der Waals surface area (Å²) in [4.78, 5) is 22.1. The van der Waals surface area contributed by atoms with Crippen LogP contribution < -0.4 is 0 Å². The number of rotatable bonds is 2. The maximum absolute atomic E-state index is 12.2. The van der Waals surface area contributed by atoms with Gasteiger partial charge in [-0.05, 0) is 12.3 Å². The lowest BCUT2D eigenvalue weighted by molar-refractivity contribution is -0.188. The summed E-state index contributed by atoms with van der Waals surface area (Å²) in [5.74, 6) is -3.61. The quantitative estimate of drug-likeness (QED) is 0.789. The molecule has 1 aliphatic heterocycles. The summed E-state index contributed by atoms with van der Waals surface area (Å²) >= 11 is 0. The van der Waals surface area contributed by atoms with Gasteiger partial charge in [-0.1, -0.05) is 13.3 Å². The fourth-order valence-electron chi connectivity index (χ4n) is 1.84. The Morgan fingerprint density at radius 3 is 2.38 bits per heavy atom. The minimum absolute atomic E-state index is 0.0909. The van der Waals surface area contributed by atoms with Crippen molar-refractivity contribution in [3.8, 4) is 0 Å². The molecule has 0 radical (unpaired) electrons. The molecule has 1 N–H and O–H groups in total. The van der Waals surface area contributed by atoms with Crippen LogP contribution in [0.3, 0.4) is 0 Å². The lowest BCUT2D eigenvalue weighted by atomic mass is 10.0. The van der Waals surface area contributed by atoms with Crippen molar-refractivity contribution in [3.63, 3.8) is 0 Å². The van der Waals surface area contributed by atoms with Crippen LogP contribution >= 0.6 is 0 Å². The number of likely N-dealkylation sites (tertiary alicyclic amines) is 1. The number of carboxylic acids is 1. The van der Waals surface area contributed by atoms with Gasteiger partial charge in [0.15, 0.2) is 0 Å². The lowest BCUT2D eigenvalue weighted by Crippen LogP contribution is -2.46. The van der Waals surface area contributed by atoms with Crippen molar-refractivity contribution in [2.24, 2.45) is 5.92 Å². The highest BCUT2D eigenvalue weighted by Gasteiger charge is 2.49. The molecule has 0 aromatic rings. The standard InChI is InChI=1S/C9H12F3NO3/c1-2-5-3-6(7(14)15)13(4-5)8(16)9(10,11)12/h5-6H,2-4H2,1H3,(H,14,15)/t5-,6-/m1/s1. The molecule has 7 heteroatoms. The second-order valence-corrected chi connectivity index (χ2v) is 3.82. The molecular weight excluding hydrogens is 227 g/mol. The molecule has 4 nitrogen and oxygen atoms in total. The minimum atomic E-state index is -5.00. The molecule has 0 saturated carbocycles. The third-order valence-corrected chi connectivity index (χ3v) is 2.75. The van der Waals surface area contributed by atoms with E-state index in [2.05, 4.69) is 0 Å². The maximum atomic E-state index is 12.2. The minimum Gasteiger partial charge on any atom is -0.480 e. The van der Waals surface area contributed by atoms with Gasteiger partial charge in [0.25, 0.3) is 0 Å². The van der Waals surface area contributed by atoms with E-state index in [4.69, 9.17) is 5.11 Å². The molecule has 16 heavy (non-hydrogen) atoms. The third-order valence-electron chi connectivity index (χ3n) is 2.75. The van der Waals surface area contributed by atoms with Gasteiger partial charge in [0, 0.05) is 6.54 Å². The molecule has 1 fully saturated rings. The van der Waals surface area contributed by atoms with E-state index in [0.717, 1.165) is 0 Å². The Kier molecular flexibility index (Phi) is 3.44. The first kappa shape index (κ1) is 12.8. The van der Waals surface area contributed by atoms with Gasteiger partial charge in [-0.15, -0.1) is 0 Å². The number of amides is 1. The average molecular weight is 239 g/mol. The second kappa shape index (κ2) is 4.31. The van der Waals surface area contributed by atoms with Crippen LogP contribution in [0.2, 0.25) is 0 Å². The van der Waals surface area contributed by atoms with E-state index in [9.17, 15) is 22.8 Å². The van der Waals surface area contributed by atoms with Crippen LogP contribution in [-0.2, 0) is 9.59 Å². The van der Waals surface area contributed by atoms with Gasteiger partial charge in [-0.25, -0.2) is 4.79 Å². The van der Waals surface area contributed by atoms with Crippen molar-refractivity contribution in [2.45, 2.75) is 32.0 Å². The van der Waals surface area contributed by atoms with Gasteiger partial charge in [0.05, 0.1) is 0 Å². The average Bonchev–Trinajstić information content (AvgIpc) is 2.58. The van der Waals surface area contributed by atoms with E-state index in [0.29, 0.717) is 11.3 Å². The topological polar surface area (TPSA) is 57.6 Å². The van der Waals surface area contributed by atoms with Crippen molar-refractivity contribution in [2.75, 3.05) is 6.54 Å². The molecule has 1 rings (SSSR count). The maximum Gasteiger partial charge on any atom is 0.471 e. The Balaban J connectivity index is 2.85. The Morgan fingerprint density at radius 1 is 1.44 bits per heavy atom. The Bertz CT molecular complexity index is 303. The van der Waals surface area contributed by atoms with Crippen molar-refractivity contribution in [1.82, 2.24) is 4.90 Å². The van der Waals surface area contributed by atoms with Crippen LogP contribution in [0.1, 0.15) is 19.8 Å². The number of halogens is 3. The summed E-state index contributed by atoms with van der Waals surface area (Å²) in [7, 11) is 0. The molecule has 1 aliphatic rings. The highest BCUT2D eigenvalue weighted by atomic mass is 19.4. The molecular formula is C9H12F3NO3. The zero-order chi connectivity index (χ0) is 12.5. The van der Waals surface area contributed by atoms with E-state index in [1.807, 2.05) is 0 Å². The monoisotopic (exact) mass is 239 g/mol. The van der Waals surface area contributed by atoms with Gasteiger partial charge < -0.3 is 10.0 Å². The van der Waals surface area contributed by atoms with Crippen LogP contribution in [0.5, 0.6) is 0 Å². The summed E-state index contributed by atoms with van der Waals surface area (Å²) < 4.78 is 36.6. The molecule has 1 heterocycles. The smallest absolute Gasteiger partial charge is 0.471 e. The molecule has 0 aromatic carbocycles. The molecule has 1 saturated heterocycles. The first-order valence-corrected chi connectivity index (χ1v) is 4.88. The summed E-state index contributed by atoms with van der Waals surface area (Å²) in [6.07, 6.45) is -4.35. The Morgan fingerprint density at radius 2 is 2.00 bits per heavy atom.